The maximum atomic E-state index is 14.2. The number of nitriles is 1. The number of amides is 1. The smallest absolute Gasteiger partial charge is 0.410 e. The molecule has 11 nitrogen and oxygen atoms in total. The molecule has 1 unspecified atom stereocenters. The van der Waals surface area contributed by atoms with Crippen molar-refractivity contribution in [2.75, 3.05) is 19.6 Å². The van der Waals surface area contributed by atoms with Gasteiger partial charge in [0.25, 0.3) is 0 Å². The number of carbonyl (C=O) groups is 1. The van der Waals surface area contributed by atoms with Crippen LogP contribution in [0, 0.1) is 18.3 Å². The Hall–Kier alpha value is -3.66. The molecule has 0 N–H and O–H groups in total. The zero-order valence-corrected chi connectivity index (χ0v) is 23.6. The van der Waals surface area contributed by atoms with E-state index in [1.165, 1.54) is 44.7 Å². The molecule has 1 atom stereocenters. The van der Waals surface area contributed by atoms with Gasteiger partial charge in [0.15, 0.2) is 0 Å². The first-order valence-electron chi connectivity index (χ1n) is 12.2. The molecule has 0 saturated carbocycles. The van der Waals surface area contributed by atoms with Gasteiger partial charge < -0.3 is 14.4 Å². The number of halogens is 1. The Morgan fingerprint density at radius 3 is 2.62 bits per heavy atom. The Morgan fingerprint density at radius 1 is 1.21 bits per heavy atom. The second-order valence-corrected chi connectivity index (χ2v) is 12.4. The monoisotopic (exact) mass is 572 g/mol. The number of rotatable bonds is 6. The molecule has 206 valence electrons. The zero-order chi connectivity index (χ0) is 28.4. The van der Waals surface area contributed by atoms with Gasteiger partial charge in [-0.05, 0) is 69.7 Å². The Bertz CT molecular complexity index is 1480. The molecule has 0 radical (unpaired) electrons. The molecule has 1 fully saturated rings. The van der Waals surface area contributed by atoms with Gasteiger partial charge in [0.1, 0.15) is 34.7 Å². The van der Waals surface area contributed by atoms with Gasteiger partial charge in [-0.1, -0.05) is 11.6 Å². The molecule has 1 aliphatic rings. The molecule has 13 heteroatoms. The van der Waals surface area contributed by atoms with Crippen LogP contribution in [0.15, 0.2) is 53.9 Å². The summed E-state index contributed by atoms with van der Waals surface area (Å²) in [5, 5.41) is 14.1. The van der Waals surface area contributed by atoms with Crippen molar-refractivity contribution in [3.05, 3.63) is 65.2 Å². The summed E-state index contributed by atoms with van der Waals surface area (Å²) in [6.07, 6.45) is 2.29. The number of hydrogen-bond acceptors (Lipinski definition) is 8. The first-order chi connectivity index (χ1) is 18.4. The van der Waals surface area contributed by atoms with Crippen LogP contribution in [0.2, 0.25) is 5.02 Å². The molecule has 3 aromatic rings. The molecule has 2 heterocycles. The highest BCUT2D eigenvalue weighted by atomic mass is 35.5. The van der Waals surface area contributed by atoms with Crippen molar-refractivity contribution >= 4 is 27.7 Å². The van der Waals surface area contributed by atoms with Crippen LogP contribution in [0.3, 0.4) is 0 Å². The van der Waals surface area contributed by atoms with E-state index in [9.17, 15) is 18.5 Å². The van der Waals surface area contributed by atoms with Crippen LogP contribution in [-0.4, -0.2) is 69.8 Å². The maximum absolute atomic E-state index is 14.2. The van der Waals surface area contributed by atoms with E-state index in [-0.39, 0.29) is 42.4 Å². The minimum Gasteiger partial charge on any atom is -0.456 e. The van der Waals surface area contributed by atoms with E-state index >= 15 is 0 Å². The Morgan fingerprint density at radius 2 is 1.97 bits per heavy atom. The average molecular weight is 573 g/mol. The minimum absolute atomic E-state index is 0.00651. The summed E-state index contributed by atoms with van der Waals surface area (Å²) < 4.78 is 42.7. The van der Waals surface area contributed by atoms with Crippen molar-refractivity contribution in [2.45, 2.75) is 50.8 Å². The first kappa shape index (κ1) is 28.4. The number of carbonyl (C=O) groups excluding carboxylic acids is 1. The van der Waals surface area contributed by atoms with Crippen molar-refractivity contribution in [1.29, 1.82) is 5.26 Å². The summed E-state index contributed by atoms with van der Waals surface area (Å²) in [6.45, 7) is 7.46. The van der Waals surface area contributed by atoms with E-state index in [0.717, 1.165) is 5.56 Å². The number of aromatic nitrogens is 3. The fraction of sp³-hybridized carbons (Fsp3) is 0.385. The van der Waals surface area contributed by atoms with Gasteiger partial charge >= 0.3 is 6.09 Å². The van der Waals surface area contributed by atoms with Crippen LogP contribution in [-0.2, 0) is 21.3 Å². The topological polar surface area (TPSA) is 131 Å². The average Bonchev–Trinajstić information content (AvgIpc) is 3.35. The maximum Gasteiger partial charge on any atom is 0.410 e. The molecule has 0 bridgehead atoms. The standard InChI is InChI=1S/C26H29ClN6O5S/c1-18-9-20(27)12-22(10-18)37-23-6-5-19(13-28)11-24(23)39(35,36)33-8-7-31(25(34)38-26(2,3)4)14-21(33)15-32-17-29-16-30-32/h5-6,9-12,16-17,21H,7-8,14-15H2,1-4H3. The fourth-order valence-electron chi connectivity index (χ4n) is 4.22. The molecule has 1 saturated heterocycles. The van der Waals surface area contributed by atoms with Gasteiger partial charge in [-0.15, -0.1) is 0 Å². The molecular formula is C26H29ClN6O5S. The summed E-state index contributed by atoms with van der Waals surface area (Å²) in [6, 6.07) is 10.6. The van der Waals surface area contributed by atoms with Gasteiger partial charge in [0, 0.05) is 24.7 Å². The Kier molecular flexibility index (Phi) is 8.15. The van der Waals surface area contributed by atoms with E-state index in [1.54, 1.807) is 39.0 Å². The van der Waals surface area contributed by atoms with Crippen LogP contribution in [0.1, 0.15) is 31.9 Å². The van der Waals surface area contributed by atoms with Crippen LogP contribution < -0.4 is 4.74 Å². The predicted octanol–water partition coefficient (Wildman–Crippen LogP) is 4.21. The van der Waals surface area contributed by atoms with E-state index in [4.69, 9.17) is 21.1 Å². The largest absolute Gasteiger partial charge is 0.456 e. The number of ether oxygens (including phenoxy) is 2. The molecule has 0 aliphatic carbocycles. The lowest BCUT2D eigenvalue weighted by Gasteiger charge is -2.40. The second-order valence-electron chi connectivity index (χ2n) is 10.2. The summed E-state index contributed by atoms with van der Waals surface area (Å²) in [7, 11) is -4.22. The molecule has 0 spiro atoms. The highest BCUT2D eigenvalue weighted by Gasteiger charge is 2.40. The van der Waals surface area contributed by atoms with Crippen LogP contribution in [0.25, 0.3) is 0 Å². The summed E-state index contributed by atoms with van der Waals surface area (Å²) >= 11 is 6.18. The zero-order valence-electron chi connectivity index (χ0n) is 22.0. The lowest BCUT2D eigenvalue weighted by molar-refractivity contribution is 0.0118. The predicted molar refractivity (Wildman–Crippen MR) is 143 cm³/mol. The Labute approximate surface area is 232 Å². The number of aryl methyl sites for hydroxylation is 1. The lowest BCUT2D eigenvalue weighted by atomic mass is 10.2. The van der Waals surface area contributed by atoms with Crippen molar-refractivity contribution in [2.24, 2.45) is 0 Å². The molecule has 1 aliphatic heterocycles. The van der Waals surface area contributed by atoms with Gasteiger partial charge in [0.2, 0.25) is 10.0 Å². The summed E-state index contributed by atoms with van der Waals surface area (Å²) in [5.41, 5.74) is 0.287. The van der Waals surface area contributed by atoms with Gasteiger partial charge in [0.05, 0.1) is 24.2 Å². The van der Waals surface area contributed by atoms with Crippen LogP contribution in [0.5, 0.6) is 11.5 Å². The minimum atomic E-state index is -4.22. The van der Waals surface area contributed by atoms with Crippen molar-refractivity contribution in [3.63, 3.8) is 0 Å². The lowest BCUT2D eigenvalue weighted by Crippen LogP contribution is -2.58. The highest BCUT2D eigenvalue weighted by molar-refractivity contribution is 7.89. The van der Waals surface area contributed by atoms with Gasteiger partial charge in [-0.3, -0.25) is 4.68 Å². The molecule has 4 rings (SSSR count). The van der Waals surface area contributed by atoms with E-state index < -0.39 is 27.8 Å². The molecule has 2 aromatic carbocycles. The van der Waals surface area contributed by atoms with Crippen molar-refractivity contribution < 1.29 is 22.7 Å². The van der Waals surface area contributed by atoms with Crippen molar-refractivity contribution in [1.82, 2.24) is 24.0 Å². The SMILES string of the molecule is Cc1cc(Cl)cc(Oc2ccc(C#N)cc2S(=O)(=O)N2CCN(C(=O)OC(C)(C)C)CC2Cn2cncn2)c1. The summed E-state index contributed by atoms with van der Waals surface area (Å²) in [5.74, 6) is 0.403. The normalized spacial score (nSPS) is 16.5. The summed E-state index contributed by atoms with van der Waals surface area (Å²) in [4.78, 5) is 18.1. The number of nitrogens with zero attached hydrogens (tertiary/aromatic N) is 6. The first-order valence-corrected chi connectivity index (χ1v) is 14.0. The quantitative estimate of drug-likeness (QED) is 0.429. The number of piperazine rings is 1. The third-order valence-corrected chi connectivity index (χ3v) is 8.04. The van der Waals surface area contributed by atoms with E-state index in [2.05, 4.69) is 10.1 Å². The third-order valence-electron chi connectivity index (χ3n) is 5.85. The Balaban J connectivity index is 1.71. The van der Waals surface area contributed by atoms with Crippen LogP contribution >= 0.6 is 11.6 Å². The van der Waals surface area contributed by atoms with Gasteiger partial charge in [-0.2, -0.15) is 14.7 Å². The molecular weight excluding hydrogens is 544 g/mol. The van der Waals surface area contributed by atoms with E-state index in [1.807, 2.05) is 13.0 Å². The van der Waals surface area contributed by atoms with Crippen LogP contribution in [0.4, 0.5) is 4.79 Å². The molecule has 1 amide bonds. The fourth-order valence-corrected chi connectivity index (χ4v) is 6.24. The van der Waals surface area contributed by atoms with Crippen molar-refractivity contribution in [3.8, 4) is 17.6 Å². The highest BCUT2D eigenvalue weighted by Crippen LogP contribution is 2.35. The van der Waals surface area contributed by atoms with E-state index in [0.29, 0.717) is 10.8 Å². The van der Waals surface area contributed by atoms with Gasteiger partial charge in [-0.25, -0.2) is 18.2 Å². The second kappa shape index (κ2) is 11.2. The number of hydrogen-bond donors (Lipinski definition) is 0. The number of sulfonamides is 1. The molecule has 1 aromatic heterocycles. The number of benzene rings is 2. The third kappa shape index (κ3) is 6.86. The molecule has 39 heavy (non-hydrogen) atoms.